The average Bonchev–Trinajstić information content (AvgIpc) is 2.48. The number of rotatable bonds is 6. The molecule has 0 aliphatic carbocycles. The maximum atomic E-state index is 9.16. The van der Waals surface area contributed by atoms with Crippen LogP contribution in [0.4, 0.5) is 5.69 Å². The monoisotopic (exact) mass is 276 g/mol. The summed E-state index contributed by atoms with van der Waals surface area (Å²) in [5, 5.41) is 12.9. The first-order chi connectivity index (χ1) is 9.70. The molecule has 1 aliphatic rings. The van der Waals surface area contributed by atoms with Crippen LogP contribution in [0.5, 0.6) is 0 Å². The van der Waals surface area contributed by atoms with Crippen molar-refractivity contribution in [3.63, 3.8) is 0 Å². The van der Waals surface area contributed by atoms with Crippen LogP contribution in [0.2, 0.25) is 0 Å². The van der Waals surface area contributed by atoms with E-state index in [-0.39, 0.29) is 6.61 Å². The summed E-state index contributed by atoms with van der Waals surface area (Å²) in [5.74, 6) is 0.578. The van der Waals surface area contributed by atoms with E-state index in [1.165, 1.54) is 18.5 Å². The summed E-state index contributed by atoms with van der Waals surface area (Å²) in [4.78, 5) is 2.47. The Morgan fingerprint density at radius 3 is 2.40 bits per heavy atom. The third-order valence-corrected chi connectivity index (χ3v) is 4.31. The smallest absolute Gasteiger partial charge is 0.0445 e. The molecule has 3 nitrogen and oxygen atoms in total. The van der Waals surface area contributed by atoms with Crippen LogP contribution < -0.4 is 10.2 Å². The van der Waals surface area contributed by atoms with E-state index in [2.05, 4.69) is 54.4 Å². The predicted molar refractivity (Wildman–Crippen MR) is 85.1 cm³/mol. The van der Waals surface area contributed by atoms with Crippen molar-refractivity contribution in [2.45, 2.75) is 45.2 Å². The molecule has 2 N–H and O–H groups in total. The number of aliphatic hydroxyl groups is 1. The van der Waals surface area contributed by atoms with Crippen molar-refractivity contribution in [2.24, 2.45) is 5.92 Å². The molecule has 112 valence electrons. The zero-order valence-electron chi connectivity index (χ0n) is 12.8. The zero-order chi connectivity index (χ0) is 14.4. The van der Waals surface area contributed by atoms with Crippen LogP contribution >= 0.6 is 0 Å². The lowest BCUT2D eigenvalue weighted by molar-refractivity contribution is 0.227. The lowest BCUT2D eigenvalue weighted by Crippen LogP contribution is -2.48. The lowest BCUT2D eigenvalue weighted by atomic mass is 9.97. The second kappa shape index (κ2) is 7.65. The van der Waals surface area contributed by atoms with E-state index < -0.39 is 0 Å². The quantitative estimate of drug-likeness (QED) is 0.838. The van der Waals surface area contributed by atoms with Gasteiger partial charge < -0.3 is 15.3 Å². The van der Waals surface area contributed by atoms with Gasteiger partial charge in [0.15, 0.2) is 0 Å². The van der Waals surface area contributed by atoms with Crippen molar-refractivity contribution in [3.8, 4) is 0 Å². The second-order valence-electron chi connectivity index (χ2n) is 6.13. The molecule has 1 fully saturated rings. The number of nitrogens with zero attached hydrogens (tertiary/aromatic N) is 1. The number of nitrogens with one attached hydrogen (secondary N) is 1. The Bertz CT molecular complexity index is 372. The fourth-order valence-electron chi connectivity index (χ4n) is 2.99. The highest BCUT2D eigenvalue weighted by molar-refractivity contribution is 5.46. The van der Waals surface area contributed by atoms with Crippen molar-refractivity contribution in [2.75, 3.05) is 24.6 Å². The Morgan fingerprint density at radius 2 is 1.85 bits per heavy atom. The molecular formula is C17H28N2O. The Labute approximate surface area is 123 Å². The Balaban J connectivity index is 1.82. The number of aliphatic hydroxyl groups excluding tert-OH is 1. The Hall–Kier alpha value is -1.06. The van der Waals surface area contributed by atoms with Gasteiger partial charge in [0.05, 0.1) is 0 Å². The standard InChI is InChI=1S/C17H28N2O/c1-14(2)17(10-13-20)18-15-8-11-19(12-9-15)16-6-4-3-5-7-16/h3-7,14-15,17-18,20H,8-13H2,1-2H3. The normalized spacial score (nSPS) is 18.5. The SMILES string of the molecule is CC(C)C(CCO)NC1CCN(c2ccccc2)CC1. The van der Waals surface area contributed by atoms with Crippen molar-refractivity contribution >= 4 is 5.69 Å². The highest BCUT2D eigenvalue weighted by Crippen LogP contribution is 2.20. The van der Waals surface area contributed by atoms with Gasteiger partial charge in [0.1, 0.15) is 0 Å². The van der Waals surface area contributed by atoms with Gasteiger partial charge >= 0.3 is 0 Å². The molecule has 1 aromatic carbocycles. The van der Waals surface area contributed by atoms with Crippen molar-refractivity contribution in [3.05, 3.63) is 30.3 Å². The average molecular weight is 276 g/mol. The number of anilines is 1. The van der Waals surface area contributed by atoms with Gasteiger partial charge in [-0.3, -0.25) is 0 Å². The molecule has 2 rings (SSSR count). The molecule has 1 atom stereocenters. The summed E-state index contributed by atoms with van der Waals surface area (Å²) < 4.78 is 0. The van der Waals surface area contributed by atoms with Gasteiger partial charge in [-0.05, 0) is 37.3 Å². The van der Waals surface area contributed by atoms with Gasteiger partial charge in [0.25, 0.3) is 0 Å². The van der Waals surface area contributed by atoms with E-state index in [9.17, 15) is 0 Å². The van der Waals surface area contributed by atoms with Crippen LogP contribution in [0.3, 0.4) is 0 Å². The third kappa shape index (κ3) is 4.22. The number of hydrogen-bond acceptors (Lipinski definition) is 3. The first-order valence-electron chi connectivity index (χ1n) is 7.87. The summed E-state index contributed by atoms with van der Waals surface area (Å²) in [7, 11) is 0. The summed E-state index contributed by atoms with van der Waals surface area (Å²) in [6.07, 6.45) is 3.23. The Morgan fingerprint density at radius 1 is 1.20 bits per heavy atom. The predicted octanol–water partition coefficient (Wildman–Crippen LogP) is 2.65. The van der Waals surface area contributed by atoms with Gasteiger partial charge in [-0.25, -0.2) is 0 Å². The topological polar surface area (TPSA) is 35.5 Å². The fraction of sp³-hybridized carbons (Fsp3) is 0.647. The molecule has 1 saturated heterocycles. The minimum Gasteiger partial charge on any atom is -0.396 e. The summed E-state index contributed by atoms with van der Waals surface area (Å²) in [6, 6.07) is 11.7. The molecule has 0 radical (unpaired) electrons. The van der Waals surface area contributed by atoms with Crippen LogP contribution in [0.15, 0.2) is 30.3 Å². The highest BCUT2D eigenvalue weighted by atomic mass is 16.3. The zero-order valence-corrected chi connectivity index (χ0v) is 12.8. The van der Waals surface area contributed by atoms with E-state index in [0.717, 1.165) is 19.5 Å². The Kier molecular flexibility index (Phi) is 5.86. The first-order valence-corrected chi connectivity index (χ1v) is 7.87. The molecule has 0 saturated carbocycles. The van der Waals surface area contributed by atoms with Gasteiger partial charge in [0.2, 0.25) is 0 Å². The minimum atomic E-state index is 0.276. The van der Waals surface area contributed by atoms with E-state index in [0.29, 0.717) is 18.0 Å². The summed E-state index contributed by atoms with van der Waals surface area (Å²) in [5.41, 5.74) is 1.33. The van der Waals surface area contributed by atoms with Crippen LogP contribution in [0.25, 0.3) is 0 Å². The van der Waals surface area contributed by atoms with Crippen LogP contribution in [0.1, 0.15) is 33.1 Å². The first kappa shape index (κ1) is 15.3. The number of piperidine rings is 1. The molecule has 1 aliphatic heterocycles. The molecule has 1 heterocycles. The summed E-state index contributed by atoms with van der Waals surface area (Å²) in [6.45, 7) is 6.97. The second-order valence-corrected chi connectivity index (χ2v) is 6.13. The molecule has 0 spiro atoms. The number of hydrogen-bond donors (Lipinski definition) is 2. The highest BCUT2D eigenvalue weighted by Gasteiger charge is 2.22. The van der Waals surface area contributed by atoms with Crippen molar-refractivity contribution in [1.82, 2.24) is 5.32 Å². The van der Waals surface area contributed by atoms with Gasteiger partial charge in [-0.15, -0.1) is 0 Å². The van der Waals surface area contributed by atoms with Crippen molar-refractivity contribution in [1.29, 1.82) is 0 Å². The van der Waals surface area contributed by atoms with E-state index >= 15 is 0 Å². The van der Waals surface area contributed by atoms with E-state index in [1.807, 2.05) is 0 Å². The minimum absolute atomic E-state index is 0.276. The molecule has 0 aromatic heterocycles. The third-order valence-electron chi connectivity index (χ3n) is 4.31. The van der Waals surface area contributed by atoms with Crippen LogP contribution in [0, 0.1) is 5.92 Å². The molecule has 1 unspecified atom stereocenters. The fourth-order valence-corrected chi connectivity index (χ4v) is 2.99. The molecule has 0 bridgehead atoms. The van der Waals surface area contributed by atoms with Gasteiger partial charge in [0, 0.05) is 37.5 Å². The van der Waals surface area contributed by atoms with Gasteiger partial charge in [-0.1, -0.05) is 32.0 Å². The number of para-hydroxylation sites is 1. The largest absolute Gasteiger partial charge is 0.396 e. The van der Waals surface area contributed by atoms with Gasteiger partial charge in [-0.2, -0.15) is 0 Å². The maximum absolute atomic E-state index is 9.16. The molecule has 20 heavy (non-hydrogen) atoms. The maximum Gasteiger partial charge on any atom is 0.0445 e. The molecule has 1 aromatic rings. The lowest BCUT2D eigenvalue weighted by Gasteiger charge is -2.36. The van der Waals surface area contributed by atoms with E-state index in [1.54, 1.807) is 0 Å². The van der Waals surface area contributed by atoms with Crippen molar-refractivity contribution < 1.29 is 5.11 Å². The summed E-state index contributed by atoms with van der Waals surface area (Å²) >= 11 is 0. The van der Waals surface area contributed by atoms with Crippen LogP contribution in [-0.2, 0) is 0 Å². The molecule has 0 amide bonds. The number of benzene rings is 1. The van der Waals surface area contributed by atoms with E-state index in [4.69, 9.17) is 5.11 Å². The van der Waals surface area contributed by atoms with Crippen LogP contribution in [-0.4, -0.2) is 36.9 Å². The molecular weight excluding hydrogens is 248 g/mol. The molecule has 3 heteroatoms.